The third-order valence-electron chi connectivity index (χ3n) is 2.79. The molecule has 0 unspecified atom stereocenters. The summed E-state index contributed by atoms with van der Waals surface area (Å²) in [5, 5.41) is 9.02. The molecular weight excluding hydrogens is 254 g/mol. The van der Waals surface area contributed by atoms with Crippen LogP contribution in [0, 0.1) is 11.6 Å². The molecule has 1 rings (SSSR count). The molecule has 0 atom stereocenters. The second kappa shape index (κ2) is 6.47. The largest absolute Gasteiger partial charge is 0.503 e. The predicted molar refractivity (Wildman–Crippen MR) is 67.7 cm³/mol. The maximum atomic E-state index is 13.2. The fourth-order valence-electron chi connectivity index (χ4n) is 1.58. The van der Waals surface area contributed by atoms with E-state index in [1.807, 2.05) is 6.92 Å². The summed E-state index contributed by atoms with van der Waals surface area (Å²) < 4.78 is 26.4. The molecule has 0 aromatic heterocycles. The lowest BCUT2D eigenvalue weighted by Crippen LogP contribution is -2.36. The Morgan fingerprint density at radius 2 is 1.79 bits per heavy atom. The first-order valence-electron chi connectivity index (χ1n) is 5.94. The van der Waals surface area contributed by atoms with Crippen LogP contribution in [0.25, 0.3) is 0 Å². The second-order valence-electron chi connectivity index (χ2n) is 4.50. The molecule has 0 saturated heterocycles. The van der Waals surface area contributed by atoms with Crippen molar-refractivity contribution in [3.8, 4) is 5.75 Å². The van der Waals surface area contributed by atoms with Crippen LogP contribution in [0.2, 0.25) is 0 Å². The highest BCUT2D eigenvalue weighted by molar-refractivity contribution is 5.77. The van der Waals surface area contributed by atoms with Gasteiger partial charge in [-0.15, -0.1) is 0 Å². The summed E-state index contributed by atoms with van der Waals surface area (Å²) in [6.07, 6.45) is 0. The Labute approximate surface area is 111 Å². The van der Waals surface area contributed by atoms with Crippen LogP contribution in [-0.4, -0.2) is 48.0 Å². The highest BCUT2D eigenvalue weighted by Crippen LogP contribution is 2.22. The van der Waals surface area contributed by atoms with Crippen LogP contribution in [0.3, 0.4) is 0 Å². The van der Waals surface area contributed by atoms with E-state index in [2.05, 4.69) is 0 Å². The molecule has 6 heteroatoms. The Balaban J connectivity index is 2.79. The Morgan fingerprint density at radius 1 is 1.26 bits per heavy atom. The summed E-state index contributed by atoms with van der Waals surface area (Å²) in [5.74, 6) is -3.05. The Kier molecular flexibility index (Phi) is 5.23. The molecule has 106 valence electrons. The highest BCUT2D eigenvalue weighted by atomic mass is 19.1. The van der Waals surface area contributed by atoms with Gasteiger partial charge in [0.15, 0.2) is 17.4 Å². The van der Waals surface area contributed by atoms with Gasteiger partial charge in [0.05, 0.1) is 6.54 Å². The minimum absolute atomic E-state index is 0.0819. The van der Waals surface area contributed by atoms with Gasteiger partial charge in [-0.3, -0.25) is 9.69 Å². The summed E-state index contributed by atoms with van der Waals surface area (Å²) in [6, 6.07) is 2.14. The predicted octanol–water partition coefficient (Wildman–Crippen LogP) is 1.58. The number of hydrogen-bond acceptors (Lipinski definition) is 3. The monoisotopic (exact) mass is 272 g/mol. The van der Waals surface area contributed by atoms with E-state index in [9.17, 15) is 13.6 Å². The smallest absolute Gasteiger partial charge is 0.236 e. The Hall–Kier alpha value is -1.69. The van der Waals surface area contributed by atoms with Gasteiger partial charge >= 0.3 is 0 Å². The first-order chi connectivity index (χ1) is 8.85. The standard InChI is InChI=1S/C13H18F2N2O2/c1-4-17(8-12(18)16(2)3)7-9-5-10(14)13(19)11(15)6-9/h5-6,19H,4,7-8H2,1-3H3. The van der Waals surface area contributed by atoms with Gasteiger partial charge in [-0.1, -0.05) is 6.92 Å². The van der Waals surface area contributed by atoms with Gasteiger partial charge in [-0.25, -0.2) is 8.78 Å². The summed E-state index contributed by atoms with van der Waals surface area (Å²) >= 11 is 0. The maximum Gasteiger partial charge on any atom is 0.236 e. The molecule has 0 aliphatic heterocycles. The van der Waals surface area contributed by atoms with Gasteiger partial charge in [-0.2, -0.15) is 0 Å². The first kappa shape index (κ1) is 15.4. The second-order valence-corrected chi connectivity index (χ2v) is 4.50. The Bertz CT molecular complexity index is 441. The Morgan fingerprint density at radius 3 is 2.21 bits per heavy atom. The zero-order chi connectivity index (χ0) is 14.6. The molecule has 0 aliphatic rings. The maximum absolute atomic E-state index is 13.2. The molecule has 1 aromatic carbocycles. The van der Waals surface area contributed by atoms with Crippen LogP contribution < -0.4 is 0 Å². The van der Waals surface area contributed by atoms with Crippen LogP contribution in [0.4, 0.5) is 8.78 Å². The van der Waals surface area contributed by atoms with Crippen LogP contribution in [0.1, 0.15) is 12.5 Å². The van der Waals surface area contributed by atoms with E-state index in [0.717, 1.165) is 12.1 Å². The van der Waals surface area contributed by atoms with Crippen molar-refractivity contribution in [2.24, 2.45) is 0 Å². The number of halogens is 2. The van der Waals surface area contributed by atoms with E-state index in [-0.39, 0.29) is 19.0 Å². The molecule has 1 N–H and O–H groups in total. The van der Waals surface area contributed by atoms with Crippen molar-refractivity contribution in [3.63, 3.8) is 0 Å². The minimum atomic E-state index is -0.995. The topological polar surface area (TPSA) is 43.8 Å². The molecule has 0 aliphatic carbocycles. The number of rotatable bonds is 5. The zero-order valence-corrected chi connectivity index (χ0v) is 11.3. The quantitative estimate of drug-likeness (QED) is 0.885. The number of nitrogens with zero attached hydrogens (tertiary/aromatic N) is 2. The molecule has 0 heterocycles. The number of likely N-dealkylation sites (N-methyl/N-ethyl adjacent to an activating group) is 2. The molecule has 1 aromatic rings. The lowest BCUT2D eigenvalue weighted by Gasteiger charge is -2.22. The average Bonchev–Trinajstić information content (AvgIpc) is 2.34. The van der Waals surface area contributed by atoms with Crippen LogP contribution in [-0.2, 0) is 11.3 Å². The van der Waals surface area contributed by atoms with Crippen molar-refractivity contribution >= 4 is 5.91 Å². The van der Waals surface area contributed by atoms with Crippen LogP contribution in [0.15, 0.2) is 12.1 Å². The lowest BCUT2D eigenvalue weighted by atomic mass is 10.2. The normalized spacial score (nSPS) is 10.8. The van der Waals surface area contributed by atoms with Gasteiger partial charge in [0.2, 0.25) is 5.91 Å². The molecule has 19 heavy (non-hydrogen) atoms. The van der Waals surface area contributed by atoms with Crippen LogP contribution >= 0.6 is 0 Å². The number of amides is 1. The molecule has 0 fully saturated rings. The summed E-state index contributed by atoms with van der Waals surface area (Å²) in [5.41, 5.74) is 0.376. The highest BCUT2D eigenvalue weighted by Gasteiger charge is 2.14. The van der Waals surface area contributed by atoms with E-state index in [1.54, 1.807) is 19.0 Å². The molecule has 0 radical (unpaired) electrons. The molecule has 1 amide bonds. The van der Waals surface area contributed by atoms with Crippen molar-refractivity contribution in [1.82, 2.24) is 9.80 Å². The fourth-order valence-corrected chi connectivity index (χ4v) is 1.58. The summed E-state index contributed by atoms with van der Waals surface area (Å²) in [4.78, 5) is 14.8. The number of carbonyl (C=O) groups excluding carboxylic acids is 1. The van der Waals surface area contributed by atoms with Gasteiger partial charge in [0.1, 0.15) is 0 Å². The number of carbonyl (C=O) groups is 1. The lowest BCUT2D eigenvalue weighted by molar-refractivity contribution is -0.130. The number of aromatic hydroxyl groups is 1. The van der Waals surface area contributed by atoms with Gasteiger partial charge < -0.3 is 10.0 Å². The number of phenolic OH excluding ortho intramolecular Hbond substituents is 1. The van der Waals surface area contributed by atoms with E-state index >= 15 is 0 Å². The van der Waals surface area contributed by atoms with E-state index in [0.29, 0.717) is 12.1 Å². The van der Waals surface area contributed by atoms with E-state index < -0.39 is 17.4 Å². The van der Waals surface area contributed by atoms with E-state index in [1.165, 1.54) is 4.90 Å². The van der Waals surface area contributed by atoms with Gasteiger partial charge in [0.25, 0.3) is 0 Å². The van der Waals surface area contributed by atoms with Gasteiger partial charge in [0, 0.05) is 20.6 Å². The molecule has 0 spiro atoms. The average molecular weight is 272 g/mol. The number of phenols is 1. The van der Waals surface area contributed by atoms with Crippen molar-refractivity contribution in [1.29, 1.82) is 0 Å². The third-order valence-corrected chi connectivity index (χ3v) is 2.79. The zero-order valence-electron chi connectivity index (χ0n) is 11.3. The van der Waals surface area contributed by atoms with Crippen molar-refractivity contribution in [2.45, 2.75) is 13.5 Å². The van der Waals surface area contributed by atoms with Crippen LogP contribution in [0.5, 0.6) is 5.75 Å². The van der Waals surface area contributed by atoms with Crippen molar-refractivity contribution in [2.75, 3.05) is 27.2 Å². The number of hydrogen-bond donors (Lipinski definition) is 1. The SMILES string of the molecule is CCN(CC(=O)N(C)C)Cc1cc(F)c(O)c(F)c1. The number of benzene rings is 1. The summed E-state index contributed by atoms with van der Waals surface area (Å²) in [6.45, 7) is 2.84. The molecule has 0 bridgehead atoms. The molecule has 4 nitrogen and oxygen atoms in total. The summed E-state index contributed by atoms with van der Waals surface area (Å²) in [7, 11) is 3.30. The third kappa shape index (κ3) is 4.17. The molecule has 0 saturated carbocycles. The molecular formula is C13H18F2N2O2. The minimum Gasteiger partial charge on any atom is -0.503 e. The van der Waals surface area contributed by atoms with Crippen molar-refractivity contribution in [3.05, 3.63) is 29.3 Å². The van der Waals surface area contributed by atoms with Gasteiger partial charge in [-0.05, 0) is 24.2 Å². The van der Waals surface area contributed by atoms with E-state index in [4.69, 9.17) is 5.11 Å². The van der Waals surface area contributed by atoms with Crippen molar-refractivity contribution < 1.29 is 18.7 Å². The first-order valence-corrected chi connectivity index (χ1v) is 5.94. The fraction of sp³-hybridized carbons (Fsp3) is 0.462.